The molecule has 0 fully saturated rings. The number of nitro groups is 1. The third-order valence-electron chi connectivity index (χ3n) is 1.11. The predicted octanol–water partition coefficient (Wildman–Crippen LogP) is 0.590. The van der Waals surface area contributed by atoms with Crippen molar-refractivity contribution in [3.8, 4) is 0 Å². The predicted molar refractivity (Wildman–Crippen MR) is 41.2 cm³/mol. The van der Waals surface area contributed by atoms with Crippen molar-refractivity contribution < 1.29 is 14.5 Å². The molecular formula is C5H8BrNO4. The molecule has 0 saturated carbocycles. The highest BCUT2D eigenvalue weighted by Crippen LogP contribution is 2.01. The van der Waals surface area contributed by atoms with Gasteiger partial charge in [-0.25, -0.2) is 4.79 Å². The van der Waals surface area contributed by atoms with Gasteiger partial charge in [-0.3, -0.25) is 10.1 Å². The van der Waals surface area contributed by atoms with Crippen LogP contribution in [0.2, 0.25) is 0 Å². The summed E-state index contributed by atoms with van der Waals surface area (Å²) in [6.07, 6.45) is 0.152. The molecule has 0 aliphatic rings. The van der Waals surface area contributed by atoms with Gasteiger partial charge in [-0.15, -0.1) is 0 Å². The van der Waals surface area contributed by atoms with Crippen molar-refractivity contribution in [2.75, 3.05) is 12.4 Å². The molecule has 0 spiro atoms. The standard InChI is InChI=1S/C5H8BrNO4/c1-11-5(8)4(2-3-6)7(9)10/h4H,2-3H2,1H3. The van der Waals surface area contributed by atoms with E-state index in [1.54, 1.807) is 0 Å². The van der Waals surface area contributed by atoms with Crippen molar-refractivity contribution in [3.63, 3.8) is 0 Å². The van der Waals surface area contributed by atoms with Crippen molar-refractivity contribution in [2.45, 2.75) is 12.5 Å². The fourth-order valence-corrected chi connectivity index (χ4v) is 0.982. The summed E-state index contributed by atoms with van der Waals surface area (Å²) in [4.78, 5) is 20.2. The van der Waals surface area contributed by atoms with Crippen molar-refractivity contribution in [1.82, 2.24) is 0 Å². The zero-order valence-corrected chi connectivity index (χ0v) is 7.54. The average Bonchev–Trinajstić information content (AvgIpc) is 1.98. The summed E-state index contributed by atoms with van der Waals surface area (Å²) < 4.78 is 4.22. The second-order valence-corrected chi connectivity index (χ2v) is 2.59. The quantitative estimate of drug-likeness (QED) is 0.304. The first-order valence-electron chi connectivity index (χ1n) is 2.90. The van der Waals surface area contributed by atoms with E-state index in [9.17, 15) is 14.9 Å². The SMILES string of the molecule is COC(=O)C(CCBr)[N+](=O)[O-]. The Balaban J connectivity index is 4.09. The van der Waals surface area contributed by atoms with E-state index in [4.69, 9.17) is 0 Å². The third kappa shape index (κ3) is 3.31. The number of methoxy groups -OCH3 is 1. The van der Waals surface area contributed by atoms with Crippen LogP contribution >= 0.6 is 15.9 Å². The van der Waals surface area contributed by atoms with E-state index in [0.717, 1.165) is 7.11 Å². The van der Waals surface area contributed by atoms with E-state index >= 15 is 0 Å². The number of hydrogen-bond acceptors (Lipinski definition) is 4. The van der Waals surface area contributed by atoms with Crippen LogP contribution < -0.4 is 0 Å². The maximum Gasteiger partial charge on any atom is 0.381 e. The lowest BCUT2D eigenvalue weighted by atomic mass is 10.2. The molecule has 0 N–H and O–H groups in total. The minimum atomic E-state index is -1.24. The van der Waals surface area contributed by atoms with E-state index in [0.29, 0.717) is 5.33 Å². The highest BCUT2D eigenvalue weighted by Gasteiger charge is 2.29. The fraction of sp³-hybridized carbons (Fsp3) is 0.800. The molecule has 0 bridgehead atoms. The molecule has 1 unspecified atom stereocenters. The number of rotatable bonds is 4. The second-order valence-electron chi connectivity index (χ2n) is 1.80. The molecule has 0 aromatic carbocycles. The zero-order valence-electron chi connectivity index (χ0n) is 5.95. The summed E-state index contributed by atoms with van der Waals surface area (Å²) in [5.74, 6) is -0.797. The number of nitrogens with zero attached hydrogens (tertiary/aromatic N) is 1. The summed E-state index contributed by atoms with van der Waals surface area (Å²) in [5, 5.41) is 10.6. The van der Waals surface area contributed by atoms with Gasteiger partial charge in [0.1, 0.15) is 0 Å². The molecular weight excluding hydrogens is 218 g/mol. The van der Waals surface area contributed by atoms with Gasteiger partial charge in [-0.1, -0.05) is 15.9 Å². The first-order valence-corrected chi connectivity index (χ1v) is 4.03. The van der Waals surface area contributed by atoms with Crippen LogP contribution in [-0.2, 0) is 9.53 Å². The van der Waals surface area contributed by atoms with Gasteiger partial charge in [0, 0.05) is 16.7 Å². The number of ether oxygens (including phenoxy) is 1. The summed E-state index contributed by atoms with van der Waals surface area (Å²) in [6.45, 7) is 0. The van der Waals surface area contributed by atoms with Gasteiger partial charge >= 0.3 is 12.0 Å². The molecule has 0 aliphatic heterocycles. The van der Waals surface area contributed by atoms with Crippen molar-refractivity contribution in [3.05, 3.63) is 10.1 Å². The van der Waals surface area contributed by atoms with E-state index in [-0.39, 0.29) is 6.42 Å². The lowest BCUT2D eigenvalue weighted by Crippen LogP contribution is -2.30. The highest BCUT2D eigenvalue weighted by molar-refractivity contribution is 9.09. The monoisotopic (exact) mass is 225 g/mol. The van der Waals surface area contributed by atoms with Gasteiger partial charge in [-0.2, -0.15) is 0 Å². The third-order valence-corrected chi connectivity index (χ3v) is 1.57. The Morgan fingerprint density at radius 3 is 2.64 bits per heavy atom. The smallest absolute Gasteiger partial charge is 0.381 e. The zero-order chi connectivity index (χ0) is 8.85. The first kappa shape index (κ1) is 10.3. The van der Waals surface area contributed by atoms with Crippen molar-refractivity contribution in [2.24, 2.45) is 0 Å². The maximum atomic E-state index is 10.7. The number of carbonyl (C=O) groups is 1. The number of alkyl halides is 1. The molecule has 0 aromatic heterocycles. The Bertz CT molecular complexity index is 161. The van der Waals surface area contributed by atoms with Gasteiger partial charge in [0.15, 0.2) is 0 Å². The number of esters is 1. The largest absolute Gasteiger partial charge is 0.464 e. The minimum absolute atomic E-state index is 0.152. The molecule has 64 valence electrons. The first-order chi connectivity index (χ1) is 5.13. The van der Waals surface area contributed by atoms with Crippen molar-refractivity contribution in [1.29, 1.82) is 0 Å². The van der Waals surface area contributed by atoms with Crippen LogP contribution in [0.15, 0.2) is 0 Å². The van der Waals surface area contributed by atoms with Gasteiger partial charge < -0.3 is 4.74 Å². The van der Waals surface area contributed by atoms with E-state index < -0.39 is 16.9 Å². The van der Waals surface area contributed by atoms with Gasteiger partial charge in [0.25, 0.3) is 0 Å². The molecule has 11 heavy (non-hydrogen) atoms. The van der Waals surface area contributed by atoms with Crippen LogP contribution in [0.3, 0.4) is 0 Å². The molecule has 0 heterocycles. The number of carbonyl (C=O) groups excluding carboxylic acids is 1. The van der Waals surface area contributed by atoms with Gasteiger partial charge in [0.2, 0.25) is 0 Å². The van der Waals surface area contributed by atoms with E-state index in [2.05, 4.69) is 20.7 Å². The van der Waals surface area contributed by atoms with Gasteiger partial charge in [0.05, 0.1) is 7.11 Å². The Labute approximate surface area is 72.0 Å². The lowest BCUT2D eigenvalue weighted by molar-refractivity contribution is -0.510. The summed E-state index contributed by atoms with van der Waals surface area (Å²) in [6, 6.07) is -1.24. The normalized spacial score (nSPS) is 12.2. The molecule has 6 heteroatoms. The molecule has 0 amide bonds. The van der Waals surface area contributed by atoms with Crippen molar-refractivity contribution >= 4 is 21.9 Å². The van der Waals surface area contributed by atoms with Crippen LogP contribution in [0.4, 0.5) is 0 Å². The van der Waals surface area contributed by atoms with E-state index in [1.165, 1.54) is 0 Å². The van der Waals surface area contributed by atoms with Crippen LogP contribution in [0.1, 0.15) is 6.42 Å². The van der Waals surface area contributed by atoms with Crippen LogP contribution in [0.25, 0.3) is 0 Å². The van der Waals surface area contributed by atoms with Crippen LogP contribution in [-0.4, -0.2) is 29.4 Å². The van der Waals surface area contributed by atoms with Crippen LogP contribution in [0, 0.1) is 10.1 Å². The van der Waals surface area contributed by atoms with E-state index in [1.807, 2.05) is 0 Å². The molecule has 0 rings (SSSR count). The Morgan fingerprint density at radius 1 is 1.82 bits per heavy atom. The van der Waals surface area contributed by atoms with Crippen LogP contribution in [0.5, 0.6) is 0 Å². The summed E-state index contributed by atoms with van der Waals surface area (Å²) >= 11 is 3.00. The average molecular weight is 226 g/mol. The number of hydrogen-bond donors (Lipinski definition) is 0. The fourth-order valence-electron chi connectivity index (χ4n) is 0.549. The number of halogens is 1. The topological polar surface area (TPSA) is 69.4 Å². The van der Waals surface area contributed by atoms with Gasteiger partial charge in [-0.05, 0) is 0 Å². The molecule has 1 atom stereocenters. The minimum Gasteiger partial charge on any atom is -0.464 e. The lowest BCUT2D eigenvalue weighted by Gasteiger charge is -2.03. The maximum absolute atomic E-state index is 10.7. The molecule has 0 aromatic rings. The Kier molecular flexibility index (Phi) is 4.76. The highest BCUT2D eigenvalue weighted by atomic mass is 79.9. The molecule has 0 radical (unpaired) electrons. The summed E-state index contributed by atoms with van der Waals surface area (Å²) in [7, 11) is 1.13. The Morgan fingerprint density at radius 2 is 2.36 bits per heavy atom. The summed E-state index contributed by atoms with van der Waals surface area (Å²) in [5.41, 5.74) is 0. The molecule has 0 saturated heterocycles. The second kappa shape index (κ2) is 5.06. The molecule has 5 nitrogen and oxygen atoms in total. The Hall–Kier alpha value is -0.650. The molecule has 0 aliphatic carbocycles.